The van der Waals surface area contributed by atoms with Gasteiger partial charge in [0.1, 0.15) is 5.82 Å². The predicted octanol–water partition coefficient (Wildman–Crippen LogP) is 2.64. The monoisotopic (exact) mass is 256 g/mol. The minimum atomic E-state index is 0.281. The van der Waals surface area contributed by atoms with E-state index in [0.717, 1.165) is 11.3 Å². The highest BCUT2D eigenvalue weighted by molar-refractivity contribution is 5.99. The van der Waals surface area contributed by atoms with Gasteiger partial charge < -0.3 is 4.74 Å². The zero-order chi connectivity index (χ0) is 13.8. The van der Waals surface area contributed by atoms with Gasteiger partial charge in [-0.2, -0.15) is 15.0 Å². The van der Waals surface area contributed by atoms with Crippen LogP contribution in [-0.4, -0.2) is 27.8 Å². The van der Waals surface area contributed by atoms with E-state index in [4.69, 9.17) is 4.74 Å². The molecule has 0 amide bonds. The maximum Gasteiger partial charge on any atom is 0.321 e. The van der Waals surface area contributed by atoms with Crippen LogP contribution in [0.1, 0.15) is 23.9 Å². The van der Waals surface area contributed by atoms with Crippen LogP contribution in [0.3, 0.4) is 0 Å². The maximum absolute atomic E-state index is 5.01. The molecule has 2 aromatic rings. The lowest BCUT2D eigenvalue weighted by Crippen LogP contribution is -1.99. The highest BCUT2D eigenvalue weighted by Crippen LogP contribution is 2.12. The molecule has 5 heteroatoms. The smallest absolute Gasteiger partial charge is 0.321 e. The molecule has 0 N–H and O–H groups in total. The summed E-state index contributed by atoms with van der Waals surface area (Å²) in [7, 11) is 1.52. The molecule has 0 aliphatic heterocycles. The molecular weight excluding hydrogens is 240 g/mol. The highest BCUT2D eigenvalue weighted by atomic mass is 16.5. The first-order valence-corrected chi connectivity index (χ1v) is 5.97. The molecule has 0 saturated heterocycles. The Kier molecular flexibility index (Phi) is 3.85. The van der Waals surface area contributed by atoms with Crippen molar-refractivity contribution < 1.29 is 4.74 Å². The average Bonchev–Trinajstić information content (AvgIpc) is 2.38. The van der Waals surface area contributed by atoms with E-state index in [0.29, 0.717) is 11.8 Å². The Morgan fingerprint density at radius 1 is 1.05 bits per heavy atom. The lowest BCUT2D eigenvalue weighted by molar-refractivity contribution is 0.377. The summed E-state index contributed by atoms with van der Waals surface area (Å²) in [5.41, 5.74) is 3.12. The van der Waals surface area contributed by atoms with Crippen molar-refractivity contribution in [1.29, 1.82) is 0 Å². The fraction of sp³-hybridized carbons (Fsp3) is 0.286. The van der Waals surface area contributed by atoms with Crippen molar-refractivity contribution in [3.63, 3.8) is 0 Å². The molecule has 2 rings (SSSR count). The number of benzene rings is 1. The van der Waals surface area contributed by atoms with Gasteiger partial charge in [-0.3, -0.25) is 0 Å². The van der Waals surface area contributed by atoms with Crippen LogP contribution in [0.4, 0.5) is 5.95 Å². The van der Waals surface area contributed by atoms with Gasteiger partial charge in [-0.15, -0.1) is 0 Å². The molecule has 0 unspecified atom stereocenters. The number of hydrogen-bond acceptors (Lipinski definition) is 5. The first-order valence-electron chi connectivity index (χ1n) is 5.97. The zero-order valence-electron chi connectivity index (χ0n) is 11.5. The van der Waals surface area contributed by atoms with Gasteiger partial charge in [-0.25, -0.2) is 4.99 Å². The molecule has 0 radical (unpaired) electrons. The summed E-state index contributed by atoms with van der Waals surface area (Å²) in [5, 5.41) is 0. The summed E-state index contributed by atoms with van der Waals surface area (Å²) in [5.74, 6) is 0.949. The molecule has 0 aliphatic rings. The van der Waals surface area contributed by atoms with Crippen molar-refractivity contribution in [3.05, 3.63) is 41.2 Å². The lowest BCUT2D eigenvalue weighted by Gasteiger charge is -2.03. The second-order valence-corrected chi connectivity index (χ2v) is 4.23. The summed E-state index contributed by atoms with van der Waals surface area (Å²) in [4.78, 5) is 16.7. The normalized spacial score (nSPS) is 11.5. The number of aromatic nitrogens is 3. The van der Waals surface area contributed by atoms with E-state index in [-0.39, 0.29) is 6.01 Å². The van der Waals surface area contributed by atoms with E-state index in [9.17, 15) is 0 Å². The SMILES string of the molecule is COc1nc(C)nc(N=C(C)c2ccc(C)cc2)n1. The fourth-order valence-electron chi connectivity index (χ4n) is 1.59. The van der Waals surface area contributed by atoms with Crippen LogP contribution in [0.15, 0.2) is 29.3 Å². The third-order valence-corrected chi connectivity index (χ3v) is 2.63. The van der Waals surface area contributed by atoms with Crippen LogP contribution in [0.2, 0.25) is 0 Å². The summed E-state index contributed by atoms with van der Waals surface area (Å²) in [6.45, 7) is 5.76. The molecule has 19 heavy (non-hydrogen) atoms. The predicted molar refractivity (Wildman–Crippen MR) is 74.2 cm³/mol. The molecule has 5 nitrogen and oxygen atoms in total. The minimum Gasteiger partial charge on any atom is -0.467 e. The number of ether oxygens (including phenoxy) is 1. The molecule has 1 aromatic heterocycles. The number of methoxy groups -OCH3 is 1. The first-order chi connectivity index (χ1) is 9.08. The maximum atomic E-state index is 5.01. The summed E-state index contributed by atoms with van der Waals surface area (Å²) < 4.78 is 5.01. The highest BCUT2D eigenvalue weighted by Gasteiger charge is 2.04. The Morgan fingerprint density at radius 2 is 1.74 bits per heavy atom. The first kappa shape index (κ1) is 13.1. The Morgan fingerprint density at radius 3 is 2.37 bits per heavy atom. The average molecular weight is 256 g/mol. The van der Waals surface area contributed by atoms with Crippen molar-refractivity contribution >= 4 is 11.7 Å². The van der Waals surface area contributed by atoms with Crippen LogP contribution >= 0.6 is 0 Å². The number of aryl methyl sites for hydroxylation is 2. The second kappa shape index (κ2) is 5.56. The van der Waals surface area contributed by atoms with Crippen LogP contribution in [0.25, 0.3) is 0 Å². The van der Waals surface area contributed by atoms with E-state index >= 15 is 0 Å². The van der Waals surface area contributed by atoms with Crippen LogP contribution in [0, 0.1) is 13.8 Å². The van der Waals surface area contributed by atoms with E-state index in [1.807, 2.05) is 31.2 Å². The summed E-state index contributed by atoms with van der Waals surface area (Å²) in [6, 6.07) is 8.43. The Labute approximate surface area is 112 Å². The van der Waals surface area contributed by atoms with Crippen molar-refractivity contribution in [1.82, 2.24) is 15.0 Å². The molecule has 0 aliphatic carbocycles. The van der Waals surface area contributed by atoms with Crippen molar-refractivity contribution in [2.45, 2.75) is 20.8 Å². The van der Waals surface area contributed by atoms with Crippen molar-refractivity contribution in [2.24, 2.45) is 4.99 Å². The topological polar surface area (TPSA) is 60.3 Å². The fourth-order valence-corrected chi connectivity index (χ4v) is 1.59. The molecule has 1 heterocycles. The molecule has 0 atom stereocenters. The Balaban J connectivity index is 2.34. The van der Waals surface area contributed by atoms with Crippen LogP contribution in [-0.2, 0) is 0 Å². The molecule has 0 spiro atoms. The van der Waals surface area contributed by atoms with E-state index in [1.165, 1.54) is 12.7 Å². The number of rotatable bonds is 3. The van der Waals surface area contributed by atoms with Gasteiger partial charge in [0.25, 0.3) is 5.95 Å². The molecular formula is C14H16N4O. The van der Waals surface area contributed by atoms with Gasteiger partial charge in [-0.05, 0) is 26.3 Å². The number of nitrogens with zero attached hydrogens (tertiary/aromatic N) is 4. The van der Waals surface area contributed by atoms with Gasteiger partial charge in [0.2, 0.25) is 0 Å². The lowest BCUT2D eigenvalue weighted by atomic mass is 10.1. The van der Waals surface area contributed by atoms with Gasteiger partial charge >= 0.3 is 6.01 Å². The number of aliphatic imine (C=N–C) groups is 1. The van der Waals surface area contributed by atoms with Crippen LogP contribution in [0.5, 0.6) is 6.01 Å². The van der Waals surface area contributed by atoms with Crippen molar-refractivity contribution in [3.8, 4) is 6.01 Å². The zero-order valence-corrected chi connectivity index (χ0v) is 11.5. The molecule has 98 valence electrons. The standard InChI is InChI=1S/C14H16N4O/c1-9-5-7-12(8-6-9)10(2)15-13-16-11(3)17-14(18-13)19-4/h5-8H,1-4H3. The third-order valence-electron chi connectivity index (χ3n) is 2.63. The van der Waals surface area contributed by atoms with Gasteiger partial charge in [-0.1, -0.05) is 29.8 Å². The molecule has 1 aromatic carbocycles. The van der Waals surface area contributed by atoms with Gasteiger partial charge in [0, 0.05) is 5.71 Å². The minimum absolute atomic E-state index is 0.281. The van der Waals surface area contributed by atoms with Gasteiger partial charge in [0.15, 0.2) is 0 Å². The van der Waals surface area contributed by atoms with E-state index in [2.05, 4.69) is 26.9 Å². The Hall–Kier alpha value is -2.30. The summed E-state index contributed by atoms with van der Waals surface area (Å²) >= 11 is 0. The Bertz CT molecular complexity index is 605. The van der Waals surface area contributed by atoms with E-state index < -0.39 is 0 Å². The van der Waals surface area contributed by atoms with E-state index in [1.54, 1.807) is 6.92 Å². The molecule has 0 fully saturated rings. The second-order valence-electron chi connectivity index (χ2n) is 4.23. The number of hydrogen-bond donors (Lipinski definition) is 0. The van der Waals surface area contributed by atoms with Gasteiger partial charge in [0.05, 0.1) is 7.11 Å². The third kappa shape index (κ3) is 3.34. The summed E-state index contributed by atoms with van der Waals surface area (Å²) in [6.07, 6.45) is 0. The van der Waals surface area contributed by atoms with Crippen molar-refractivity contribution in [2.75, 3.05) is 7.11 Å². The quantitative estimate of drug-likeness (QED) is 0.792. The largest absolute Gasteiger partial charge is 0.467 e. The van der Waals surface area contributed by atoms with Crippen LogP contribution < -0.4 is 4.74 Å². The molecule has 0 bridgehead atoms. The molecule has 0 saturated carbocycles.